The molecule has 0 saturated heterocycles. The first-order valence-corrected chi connectivity index (χ1v) is 11.7. The largest absolute Gasteiger partial charge is 0.485 e. The van der Waals surface area contributed by atoms with E-state index in [-0.39, 0.29) is 31.4 Å². The van der Waals surface area contributed by atoms with Gasteiger partial charge in [-0.1, -0.05) is 13.2 Å². The van der Waals surface area contributed by atoms with Crippen LogP contribution in [0, 0.1) is 0 Å². The van der Waals surface area contributed by atoms with Crippen molar-refractivity contribution in [2.75, 3.05) is 13.4 Å². The van der Waals surface area contributed by atoms with Gasteiger partial charge in [0.05, 0.1) is 11.1 Å². The molecule has 9 heteroatoms. The van der Waals surface area contributed by atoms with E-state index in [1.807, 2.05) is 0 Å². The number of benzene rings is 2. The second kappa shape index (κ2) is 13.6. The normalized spacial score (nSPS) is 16.5. The Hall–Kier alpha value is -4.40. The summed E-state index contributed by atoms with van der Waals surface area (Å²) in [6.45, 7) is 6.29. The third-order valence-electron chi connectivity index (χ3n) is 5.55. The lowest BCUT2D eigenvalue weighted by atomic mass is 9.95. The highest BCUT2D eigenvalue weighted by atomic mass is 16.7. The van der Waals surface area contributed by atoms with Gasteiger partial charge in [0.1, 0.15) is 23.7 Å². The SMILES string of the molecule is C=CC(=O)COc1ccc(C(=O)OC2CCC(OC(=O)c3ccc(OCOC(=O)C=C)cc3)CC2)cc1. The van der Waals surface area contributed by atoms with Crippen molar-refractivity contribution in [1.82, 2.24) is 0 Å². The molecule has 1 saturated carbocycles. The lowest BCUT2D eigenvalue weighted by Crippen LogP contribution is -2.29. The number of ether oxygens (including phenoxy) is 5. The molecule has 0 aliphatic heterocycles. The van der Waals surface area contributed by atoms with Crippen LogP contribution in [0.2, 0.25) is 0 Å². The van der Waals surface area contributed by atoms with Gasteiger partial charge >= 0.3 is 17.9 Å². The maximum absolute atomic E-state index is 12.5. The van der Waals surface area contributed by atoms with E-state index in [4.69, 9.17) is 23.7 Å². The predicted molar refractivity (Wildman–Crippen MR) is 132 cm³/mol. The Kier molecular flexibility index (Phi) is 10.0. The average Bonchev–Trinajstić information content (AvgIpc) is 2.93. The highest BCUT2D eigenvalue weighted by Crippen LogP contribution is 2.26. The fourth-order valence-corrected chi connectivity index (χ4v) is 3.51. The maximum atomic E-state index is 12.5. The van der Waals surface area contributed by atoms with E-state index >= 15 is 0 Å². The summed E-state index contributed by atoms with van der Waals surface area (Å²) in [4.78, 5) is 47.2. The summed E-state index contributed by atoms with van der Waals surface area (Å²) >= 11 is 0. The quantitative estimate of drug-likeness (QED) is 0.180. The maximum Gasteiger partial charge on any atom is 0.338 e. The average molecular weight is 509 g/mol. The van der Waals surface area contributed by atoms with E-state index in [1.165, 1.54) is 6.08 Å². The second-order valence-electron chi connectivity index (χ2n) is 8.15. The van der Waals surface area contributed by atoms with Gasteiger partial charge in [0.25, 0.3) is 0 Å². The van der Waals surface area contributed by atoms with Gasteiger partial charge in [0.15, 0.2) is 12.4 Å². The Balaban J connectivity index is 1.39. The highest BCUT2D eigenvalue weighted by molar-refractivity contribution is 5.91. The van der Waals surface area contributed by atoms with Crippen LogP contribution >= 0.6 is 0 Å². The molecule has 1 aliphatic rings. The fraction of sp³-hybridized carbons (Fsp3) is 0.286. The fourth-order valence-electron chi connectivity index (χ4n) is 3.51. The molecule has 0 bridgehead atoms. The van der Waals surface area contributed by atoms with Gasteiger partial charge in [0.2, 0.25) is 6.79 Å². The number of carbonyl (C=O) groups is 4. The summed E-state index contributed by atoms with van der Waals surface area (Å²) in [6, 6.07) is 12.6. The second-order valence-corrected chi connectivity index (χ2v) is 8.15. The Bertz CT molecular complexity index is 1110. The van der Waals surface area contributed by atoms with Crippen LogP contribution in [0.1, 0.15) is 46.4 Å². The summed E-state index contributed by atoms with van der Waals surface area (Å²) < 4.78 is 26.5. The van der Waals surface area contributed by atoms with Crippen LogP contribution in [-0.4, -0.2) is 49.3 Å². The molecular weight excluding hydrogens is 480 g/mol. The molecule has 0 aromatic heterocycles. The molecule has 37 heavy (non-hydrogen) atoms. The van der Waals surface area contributed by atoms with Crippen LogP contribution in [0.3, 0.4) is 0 Å². The van der Waals surface area contributed by atoms with Gasteiger partial charge in [-0.05, 0) is 80.3 Å². The van der Waals surface area contributed by atoms with E-state index in [0.29, 0.717) is 48.3 Å². The molecule has 2 aromatic rings. The zero-order valence-corrected chi connectivity index (χ0v) is 20.3. The molecular formula is C28H28O9. The van der Waals surface area contributed by atoms with Crippen molar-refractivity contribution in [2.45, 2.75) is 37.9 Å². The van der Waals surface area contributed by atoms with Crippen molar-refractivity contribution in [3.63, 3.8) is 0 Å². The number of hydrogen-bond acceptors (Lipinski definition) is 9. The van der Waals surface area contributed by atoms with E-state index < -0.39 is 17.9 Å². The molecule has 9 nitrogen and oxygen atoms in total. The third kappa shape index (κ3) is 8.64. The number of hydrogen-bond donors (Lipinski definition) is 0. The standard InChI is InChI=1S/C28H28O9/c1-3-21(29)17-33-22-9-5-19(6-10-22)27(31)36-24-13-15-25(16-14-24)37-28(32)20-7-11-23(12-8-20)34-18-35-26(30)4-2/h3-12,24-25H,1-2,13-18H2. The van der Waals surface area contributed by atoms with Crippen molar-refractivity contribution in [1.29, 1.82) is 0 Å². The Labute approximate surface area is 214 Å². The Morgan fingerprint density at radius 2 is 1.16 bits per heavy atom. The Morgan fingerprint density at radius 3 is 1.59 bits per heavy atom. The van der Waals surface area contributed by atoms with Gasteiger partial charge in [-0.15, -0.1) is 0 Å². The van der Waals surface area contributed by atoms with Crippen LogP contribution in [0.5, 0.6) is 11.5 Å². The number of carbonyl (C=O) groups excluding carboxylic acids is 4. The van der Waals surface area contributed by atoms with E-state index in [9.17, 15) is 19.2 Å². The molecule has 3 rings (SSSR count). The van der Waals surface area contributed by atoms with Crippen molar-refractivity contribution in [3.8, 4) is 11.5 Å². The van der Waals surface area contributed by atoms with Crippen LogP contribution in [0.4, 0.5) is 0 Å². The van der Waals surface area contributed by atoms with Crippen molar-refractivity contribution < 1.29 is 42.9 Å². The summed E-state index contributed by atoms with van der Waals surface area (Å²) in [5.74, 6) is -0.842. The molecule has 1 aliphatic carbocycles. The minimum Gasteiger partial charge on any atom is -0.485 e. The summed E-state index contributed by atoms with van der Waals surface area (Å²) in [7, 11) is 0. The first-order chi connectivity index (χ1) is 17.9. The minimum atomic E-state index is -0.594. The zero-order chi connectivity index (χ0) is 26.6. The zero-order valence-electron chi connectivity index (χ0n) is 20.3. The van der Waals surface area contributed by atoms with E-state index in [1.54, 1.807) is 48.5 Å². The van der Waals surface area contributed by atoms with Gasteiger partial charge in [-0.3, -0.25) is 4.79 Å². The first-order valence-electron chi connectivity index (χ1n) is 11.7. The van der Waals surface area contributed by atoms with Gasteiger partial charge in [0, 0.05) is 6.08 Å². The summed E-state index contributed by atoms with van der Waals surface area (Å²) in [5.41, 5.74) is 0.743. The monoisotopic (exact) mass is 508 g/mol. The minimum absolute atomic E-state index is 0.115. The molecule has 0 spiro atoms. The van der Waals surface area contributed by atoms with Gasteiger partial charge in [-0.25, -0.2) is 14.4 Å². The molecule has 0 atom stereocenters. The van der Waals surface area contributed by atoms with Crippen LogP contribution in [-0.2, 0) is 23.8 Å². The van der Waals surface area contributed by atoms with Crippen molar-refractivity contribution in [3.05, 3.63) is 85.0 Å². The lowest BCUT2D eigenvalue weighted by Gasteiger charge is -2.28. The van der Waals surface area contributed by atoms with E-state index in [2.05, 4.69) is 13.2 Å². The molecule has 0 N–H and O–H groups in total. The molecule has 194 valence electrons. The highest BCUT2D eigenvalue weighted by Gasteiger charge is 2.27. The molecule has 2 aromatic carbocycles. The number of ketones is 1. The molecule has 0 heterocycles. The number of rotatable bonds is 12. The Morgan fingerprint density at radius 1 is 0.703 bits per heavy atom. The van der Waals surface area contributed by atoms with Crippen LogP contribution in [0.15, 0.2) is 73.8 Å². The van der Waals surface area contributed by atoms with Crippen molar-refractivity contribution >= 4 is 23.7 Å². The third-order valence-corrected chi connectivity index (χ3v) is 5.55. The topological polar surface area (TPSA) is 114 Å². The van der Waals surface area contributed by atoms with Crippen LogP contribution in [0.25, 0.3) is 0 Å². The summed E-state index contributed by atoms with van der Waals surface area (Å²) in [5, 5.41) is 0. The molecule has 0 radical (unpaired) electrons. The van der Waals surface area contributed by atoms with Gasteiger partial charge in [-0.2, -0.15) is 0 Å². The molecule has 0 unspecified atom stereocenters. The van der Waals surface area contributed by atoms with E-state index in [0.717, 1.165) is 6.08 Å². The lowest BCUT2D eigenvalue weighted by molar-refractivity contribution is -0.144. The van der Waals surface area contributed by atoms with Gasteiger partial charge < -0.3 is 23.7 Å². The van der Waals surface area contributed by atoms with Crippen LogP contribution < -0.4 is 9.47 Å². The molecule has 1 fully saturated rings. The predicted octanol–water partition coefficient (Wildman–Crippen LogP) is 4.21. The first kappa shape index (κ1) is 27.2. The summed E-state index contributed by atoms with van der Waals surface area (Å²) in [6.07, 6.45) is 3.97. The smallest absolute Gasteiger partial charge is 0.338 e. The number of esters is 3. The molecule has 0 amide bonds. The van der Waals surface area contributed by atoms with Crippen molar-refractivity contribution in [2.24, 2.45) is 0 Å².